The Bertz CT molecular complexity index is 1580. The quantitative estimate of drug-likeness (QED) is 0.272. The number of carbonyl (C=O) groups excluding carboxylic acids is 1. The molecule has 1 fully saturated rings. The van der Waals surface area contributed by atoms with Crippen LogP contribution in [0.5, 0.6) is 0 Å². The minimum Gasteiger partial charge on any atom is -0.388 e. The van der Waals surface area contributed by atoms with Crippen LogP contribution in [-0.4, -0.2) is 35.6 Å². The third-order valence-electron chi connectivity index (χ3n) is 7.94. The molecule has 5 rings (SSSR count). The number of fused-ring (bicyclic) bond motifs is 1. The number of hydrogen-bond donors (Lipinski definition) is 3. The number of hydrogen-bond acceptors (Lipinski definition) is 4. The third kappa shape index (κ3) is 5.99. The summed E-state index contributed by atoms with van der Waals surface area (Å²) < 4.78 is 31.6. The maximum Gasteiger partial charge on any atom is 0.240 e. The van der Waals surface area contributed by atoms with Crippen molar-refractivity contribution in [2.75, 3.05) is 0 Å². The first-order chi connectivity index (χ1) is 19.0. The Kier molecular flexibility index (Phi) is 7.86. The van der Waals surface area contributed by atoms with Crippen molar-refractivity contribution in [2.45, 2.75) is 62.1 Å². The average Bonchev–Trinajstić information content (AvgIpc) is 3.28. The smallest absolute Gasteiger partial charge is 0.240 e. The molecule has 0 spiro atoms. The second kappa shape index (κ2) is 11.2. The van der Waals surface area contributed by atoms with Gasteiger partial charge in [0.1, 0.15) is 0 Å². The number of aryl methyl sites for hydroxylation is 1. The van der Waals surface area contributed by atoms with Crippen molar-refractivity contribution >= 4 is 26.8 Å². The fourth-order valence-electron chi connectivity index (χ4n) is 5.71. The van der Waals surface area contributed by atoms with Crippen molar-refractivity contribution in [2.24, 2.45) is 13.0 Å². The predicted molar refractivity (Wildman–Crippen MR) is 158 cm³/mol. The Balaban J connectivity index is 1.23. The summed E-state index contributed by atoms with van der Waals surface area (Å²) in [6.07, 6.45) is 2.29. The number of nitrogens with one attached hydrogen (secondary N) is 2. The van der Waals surface area contributed by atoms with Gasteiger partial charge in [0.2, 0.25) is 15.9 Å². The lowest BCUT2D eigenvalue weighted by molar-refractivity contribution is -0.128. The highest BCUT2D eigenvalue weighted by Gasteiger charge is 2.34. The van der Waals surface area contributed by atoms with Gasteiger partial charge in [-0.2, -0.15) is 0 Å². The Morgan fingerprint density at radius 3 is 2.17 bits per heavy atom. The highest BCUT2D eigenvalue weighted by atomic mass is 32.2. The molecule has 1 heterocycles. The molecular formula is C32H37N3O4S. The first-order valence-electron chi connectivity index (χ1n) is 13.8. The molecule has 1 aliphatic carbocycles. The van der Waals surface area contributed by atoms with Crippen LogP contribution in [0.4, 0.5) is 0 Å². The lowest BCUT2D eigenvalue weighted by Crippen LogP contribution is -2.46. The molecule has 0 aliphatic heterocycles. The van der Waals surface area contributed by atoms with E-state index in [-0.39, 0.29) is 22.8 Å². The first kappa shape index (κ1) is 28.1. The minimum absolute atomic E-state index is 0.110. The normalized spacial score (nSPS) is 18.9. The first-order valence-corrected chi connectivity index (χ1v) is 15.3. The maximum atomic E-state index is 13.3. The van der Waals surface area contributed by atoms with Crippen LogP contribution in [0.3, 0.4) is 0 Å². The summed E-state index contributed by atoms with van der Waals surface area (Å²) in [6, 6.07) is 25.9. The molecule has 0 unspecified atom stereocenters. The molecular weight excluding hydrogens is 522 g/mol. The Morgan fingerprint density at radius 2 is 1.55 bits per heavy atom. The van der Waals surface area contributed by atoms with E-state index in [9.17, 15) is 18.3 Å². The van der Waals surface area contributed by atoms with Gasteiger partial charge in [-0.1, -0.05) is 60.7 Å². The topological polar surface area (TPSA) is 100 Å². The number of carbonyl (C=O) groups is 1. The van der Waals surface area contributed by atoms with Gasteiger partial charge >= 0.3 is 0 Å². The van der Waals surface area contributed by atoms with Gasteiger partial charge in [-0.05, 0) is 74.9 Å². The Morgan fingerprint density at radius 1 is 0.925 bits per heavy atom. The van der Waals surface area contributed by atoms with Crippen molar-refractivity contribution in [1.29, 1.82) is 0 Å². The lowest BCUT2D eigenvalue weighted by Gasteiger charge is -2.34. The zero-order chi connectivity index (χ0) is 28.5. The van der Waals surface area contributed by atoms with E-state index in [1.54, 1.807) is 26.0 Å². The fourth-order valence-corrected chi connectivity index (χ4v) is 7.05. The zero-order valence-electron chi connectivity index (χ0n) is 23.2. The van der Waals surface area contributed by atoms with E-state index in [1.165, 1.54) is 0 Å². The van der Waals surface area contributed by atoms with Crippen LogP contribution in [0, 0.1) is 5.92 Å². The van der Waals surface area contributed by atoms with Gasteiger partial charge in [-0.25, -0.2) is 13.1 Å². The summed E-state index contributed by atoms with van der Waals surface area (Å²) in [5.74, 6) is -0.340. The van der Waals surface area contributed by atoms with E-state index in [4.69, 9.17) is 0 Å². The molecule has 40 heavy (non-hydrogen) atoms. The Hall–Kier alpha value is -3.46. The molecule has 1 aliphatic rings. The van der Waals surface area contributed by atoms with Crippen LogP contribution < -0.4 is 10.0 Å². The van der Waals surface area contributed by atoms with Crippen molar-refractivity contribution < 1.29 is 18.3 Å². The fraction of sp³-hybridized carbons (Fsp3) is 0.344. The van der Waals surface area contributed by atoms with E-state index >= 15 is 0 Å². The van der Waals surface area contributed by atoms with Crippen molar-refractivity contribution in [3.05, 3.63) is 90.5 Å². The van der Waals surface area contributed by atoms with Gasteiger partial charge in [0.05, 0.1) is 16.5 Å². The molecule has 3 N–H and O–H groups in total. The van der Waals surface area contributed by atoms with Gasteiger partial charge < -0.3 is 15.0 Å². The molecule has 4 aromatic rings. The summed E-state index contributed by atoms with van der Waals surface area (Å²) in [7, 11) is -1.74. The van der Waals surface area contributed by atoms with Gasteiger partial charge in [-0.3, -0.25) is 4.79 Å². The molecule has 1 amide bonds. The maximum absolute atomic E-state index is 13.3. The second-order valence-corrected chi connectivity index (χ2v) is 13.1. The Labute approximate surface area is 236 Å². The molecule has 3 aromatic carbocycles. The monoisotopic (exact) mass is 559 g/mol. The lowest BCUT2D eigenvalue weighted by atomic mass is 9.84. The molecule has 0 radical (unpaired) electrons. The molecule has 7 nitrogen and oxygen atoms in total. The average molecular weight is 560 g/mol. The van der Waals surface area contributed by atoms with E-state index in [0.717, 1.165) is 27.7 Å². The number of nitrogens with zero attached hydrogens (tertiary/aromatic N) is 1. The van der Waals surface area contributed by atoms with E-state index in [0.29, 0.717) is 25.7 Å². The second-order valence-electron chi connectivity index (χ2n) is 11.4. The summed E-state index contributed by atoms with van der Waals surface area (Å²) in [5.41, 5.74) is 2.77. The van der Waals surface area contributed by atoms with Crippen molar-refractivity contribution in [3.8, 4) is 11.3 Å². The molecule has 1 atom stereocenters. The number of sulfonamides is 1. The summed E-state index contributed by atoms with van der Waals surface area (Å²) in [6.45, 7) is 3.37. The van der Waals surface area contributed by atoms with Crippen LogP contribution in [0.25, 0.3) is 22.2 Å². The third-order valence-corrected chi connectivity index (χ3v) is 9.46. The van der Waals surface area contributed by atoms with Crippen LogP contribution >= 0.6 is 0 Å². The predicted octanol–water partition coefficient (Wildman–Crippen LogP) is 5.31. The highest BCUT2D eigenvalue weighted by molar-refractivity contribution is 7.89. The van der Waals surface area contributed by atoms with E-state index < -0.39 is 21.7 Å². The molecule has 8 heteroatoms. The van der Waals surface area contributed by atoms with Crippen molar-refractivity contribution in [1.82, 2.24) is 14.6 Å². The zero-order valence-corrected chi connectivity index (χ0v) is 24.0. The largest absolute Gasteiger partial charge is 0.388 e. The van der Waals surface area contributed by atoms with Crippen molar-refractivity contribution in [3.63, 3.8) is 0 Å². The molecule has 0 bridgehead atoms. The molecule has 1 aromatic heterocycles. The number of benzene rings is 3. The van der Waals surface area contributed by atoms with Crippen LogP contribution in [0.1, 0.15) is 51.1 Å². The van der Waals surface area contributed by atoms with Gasteiger partial charge in [-0.15, -0.1) is 0 Å². The van der Waals surface area contributed by atoms with Gasteiger partial charge in [0.15, 0.2) is 0 Å². The SMILES string of the molecule is Cn1c(-c2ccccc2)cc2cc(S(=O)(=O)NC3CCC(C(=O)N[C@@H](c4ccccc4)C(C)(C)O)CC3)ccc21. The summed E-state index contributed by atoms with van der Waals surface area (Å²) in [5, 5.41) is 14.6. The molecule has 1 saturated carbocycles. The minimum atomic E-state index is -3.72. The van der Waals surface area contributed by atoms with Gasteiger partial charge in [0, 0.05) is 35.6 Å². The van der Waals surface area contributed by atoms with Crippen LogP contribution in [0.2, 0.25) is 0 Å². The van der Waals surface area contributed by atoms with E-state index in [2.05, 4.69) is 14.6 Å². The van der Waals surface area contributed by atoms with Crippen LogP contribution in [0.15, 0.2) is 89.8 Å². The molecule has 0 saturated heterocycles. The number of rotatable bonds is 8. The van der Waals surface area contributed by atoms with Gasteiger partial charge in [0.25, 0.3) is 0 Å². The summed E-state index contributed by atoms with van der Waals surface area (Å²) >= 11 is 0. The van der Waals surface area contributed by atoms with Crippen LogP contribution in [-0.2, 0) is 21.9 Å². The standard InChI is InChI=1S/C32H37N3O4S/c1-32(2,37)30(23-12-8-5-9-13-23)33-31(36)24-14-16-26(17-15-24)34-40(38,39)27-18-19-28-25(20-27)21-29(35(28)3)22-10-6-4-7-11-22/h4-13,18-21,24,26,30,34,37H,14-17H2,1-3H3,(H,33,36)/t24?,26?,30-/m0/s1. The highest BCUT2D eigenvalue weighted by Crippen LogP contribution is 2.31. The summed E-state index contributed by atoms with van der Waals surface area (Å²) in [4.78, 5) is 13.4. The number of aromatic nitrogens is 1. The number of amides is 1. The van der Waals surface area contributed by atoms with E-state index in [1.807, 2.05) is 79.8 Å². The number of aliphatic hydroxyl groups is 1. The molecule has 210 valence electrons.